The van der Waals surface area contributed by atoms with E-state index < -0.39 is 23.7 Å². The first-order valence-corrected chi connectivity index (χ1v) is 12.9. The molecular weight excluding hydrogens is 508 g/mol. The number of rotatable bonds is 9. The van der Waals surface area contributed by atoms with Gasteiger partial charge in [-0.15, -0.1) is 0 Å². The number of anilines is 1. The number of methoxy groups -OCH3 is 1. The molecule has 1 atom stereocenters. The number of amides is 1. The summed E-state index contributed by atoms with van der Waals surface area (Å²) in [7, 11) is 1.49. The number of aliphatic hydroxyl groups is 1. The van der Waals surface area contributed by atoms with Crippen molar-refractivity contribution < 1.29 is 33.7 Å². The summed E-state index contributed by atoms with van der Waals surface area (Å²) >= 11 is 0.957. The summed E-state index contributed by atoms with van der Waals surface area (Å²) < 4.78 is 16.1. The Morgan fingerprint density at radius 2 is 1.84 bits per heavy atom. The van der Waals surface area contributed by atoms with Gasteiger partial charge >= 0.3 is 11.9 Å². The standard InChI is InChI=1S/C28H28N2O7S/c1-5-14-37-19-12-10-17(11-13-19)22-21(23(31)18-8-7-9-20(15-18)35-4)24(32)26(33)30(22)28-29-16(3)25(38-28)27(34)36-6-2/h7-13,15,22,31H,5-6,14H2,1-4H3. The van der Waals surface area contributed by atoms with E-state index in [1.54, 1.807) is 62.4 Å². The van der Waals surface area contributed by atoms with E-state index in [1.807, 2.05) is 6.92 Å². The summed E-state index contributed by atoms with van der Waals surface area (Å²) in [6.07, 6.45) is 0.842. The lowest BCUT2D eigenvalue weighted by Gasteiger charge is -2.23. The van der Waals surface area contributed by atoms with Crippen LogP contribution in [0, 0.1) is 6.92 Å². The van der Waals surface area contributed by atoms with Gasteiger partial charge in [0.15, 0.2) is 5.13 Å². The number of carbonyl (C=O) groups is 3. The normalized spacial score (nSPS) is 16.5. The average molecular weight is 537 g/mol. The summed E-state index contributed by atoms with van der Waals surface area (Å²) in [5.41, 5.74) is 1.15. The highest BCUT2D eigenvalue weighted by Crippen LogP contribution is 2.44. The maximum absolute atomic E-state index is 13.4. The number of esters is 1. The minimum atomic E-state index is -0.998. The lowest BCUT2D eigenvalue weighted by molar-refractivity contribution is -0.132. The van der Waals surface area contributed by atoms with Gasteiger partial charge < -0.3 is 19.3 Å². The molecule has 0 bridgehead atoms. The molecule has 1 aliphatic heterocycles. The Bertz CT molecular complexity index is 1390. The second-order valence-corrected chi connectivity index (χ2v) is 9.43. The number of nitrogens with zero attached hydrogens (tertiary/aromatic N) is 2. The third-order valence-electron chi connectivity index (χ3n) is 5.91. The molecule has 38 heavy (non-hydrogen) atoms. The van der Waals surface area contributed by atoms with Crippen molar-refractivity contribution in [3.05, 3.63) is 75.8 Å². The molecular formula is C28H28N2O7S. The van der Waals surface area contributed by atoms with Gasteiger partial charge in [0.05, 0.1) is 37.6 Å². The van der Waals surface area contributed by atoms with Crippen LogP contribution in [0.4, 0.5) is 5.13 Å². The van der Waals surface area contributed by atoms with E-state index in [1.165, 1.54) is 12.0 Å². The van der Waals surface area contributed by atoms with Crippen molar-refractivity contribution in [2.75, 3.05) is 25.2 Å². The highest BCUT2D eigenvalue weighted by Gasteiger charge is 2.48. The number of hydrogen-bond acceptors (Lipinski definition) is 9. The van der Waals surface area contributed by atoms with Crippen LogP contribution in [0.15, 0.2) is 54.1 Å². The van der Waals surface area contributed by atoms with Crippen molar-refractivity contribution >= 4 is 39.9 Å². The molecule has 2 heterocycles. The third kappa shape index (κ3) is 5.12. The highest BCUT2D eigenvalue weighted by molar-refractivity contribution is 7.17. The summed E-state index contributed by atoms with van der Waals surface area (Å²) in [6, 6.07) is 12.5. The van der Waals surface area contributed by atoms with Crippen LogP contribution in [0.5, 0.6) is 11.5 Å². The molecule has 0 aliphatic carbocycles. The van der Waals surface area contributed by atoms with Gasteiger partial charge in [-0.2, -0.15) is 0 Å². The van der Waals surface area contributed by atoms with Gasteiger partial charge in [-0.05, 0) is 50.1 Å². The fourth-order valence-electron chi connectivity index (χ4n) is 4.11. The molecule has 4 rings (SSSR count). The molecule has 1 fully saturated rings. The van der Waals surface area contributed by atoms with Crippen LogP contribution in [0.3, 0.4) is 0 Å². The molecule has 10 heteroatoms. The number of Topliss-reactive ketones (excluding diaryl/α,β-unsaturated/α-hetero) is 1. The maximum atomic E-state index is 13.4. The zero-order valence-electron chi connectivity index (χ0n) is 21.5. The molecule has 2 aromatic carbocycles. The Morgan fingerprint density at radius 3 is 2.50 bits per heavy atom. The van der Waals surface area contributed by atoms with Crippen molar-refractivity contribution in [1.29, 1.82) is 0 Å². The number of hydrogen-bond donors (Lipinski definition) is 1. The highest BCUT2D eigenvalue weighted by atomic mass is 32.1. The largest absolute Gasteiger partial charge is 0.507 e. The van der Waals surface area contributed by atoms with Gasteiger partial charge in [-0.1, -0.05) is 42.5 Å². The lowest BCUT2D eigenvalue weighted by Crippen LogP contribution is -2.29. The number of aryl methyl sites for hydroxylation is 1. The lowest BCUT2D eigenvalue weighted by atomic mass is 9.95. The number of ether oxygens (including phenoxy) is 3. The van der Waals surface area contributed by atoms with Crippen LogP contribution < -0.4 is 14.4 Å². The topological polar surface area (TPSA) is 115 Å². The van der Waals surface area contributed by atoms with Crippen LogP contribution in [-0.2, 0) is 14.3 Å². The van der Waals surface area contributed by atoms with E-state index in [-0.39, 0.29) is 27.9 Å². The first-order chi connectivity index (χ1) is 18.3. The Balaban J connectivity index is 1.87. The maximum Gasteiger partial charge on any atom is 0.350 e. The third-order valence-corrected chi connectivity index (χ3v) is 7.05. The van der Waals surface area contributed by atoms with E-state index >= 15 is 0 Å². The van der Waals surface area contributed by atoms with Crippen LogP contribution in [0.1, 0.15) is 52.8 Å². The van der Waals surface area contributed by atoms with Crippen molar-refractivity contribution in [3.63, 3.8) is 0 Å². The van der Waals surface area contributed by atoms with Gasteiger partial charge in [0.1, 0.15) is 22.1 Å². The molecule has 9 nitrogen and oxygen atoms in total. The molecule has 1 N–H and O–H groups in total. The van der Waals surface area contributed by atoms with Gasteiger partial charge in [0, 0.05) is 5.56 Å². The van der Waals surface area contributed by atoms with Gasteiger partial charge in [-0.3, -0.25) is 14.5 Å². The quantitative estimate of drug-likeness (QED) is 0.175. The van der Waals surface area contributed by atoms with Crippen LogP contribution >= 0.6 is 11.3 Å². The zero-order chi connectivity index (χ0) is 27.4. The second-order valence-electron chi connectivity index (χ2n) is 8.45. The monoisotopic (exact) mass is 536 g/mol. The van der Waals surface area contributed by atoms with Gasteiger partial charge in [0.25, 0.3) is 5.78 Å². The summed E-state index contributed by atoms with van der Waals surface area (Å²) in [5, 5.41) is 11.5. The summed E-state index contributed by atoms with van der Waals surface area (Å²) in [6.45, 7) is 6.06. The Labute approximate surface area is 224 Å². The zero-order valence-corrected chi connectivity index (χ0v) is 22.3. The van der Waals surface area contributed by atoms with Crippen molar-refractivity contribution in [3.8, 4) is 11.5 Å². The number of aliphatic hydroxyl groups excluding tert-OH is 1. The Hall–Kier alpha value is -4.18. The predicted molar refractivity (Wildman–Crippen MR) is 143 cm³/mol. The van der Waals surface area contributed by atoms with Crippen LogP contribution in [0.25, 0.3) is 5.76 Å². The van der Waals surface area contributed by atoms with E-state index in [0.29, 0.717) is 34.9 Å². The van der Waals surface area contributed by atoms with Crippen molar-refractivity contribution in [1.82, 2.24) is 4.98 Å². The molecule has 1 amide bonds. The Kier molecular flexibility index (Phi) is 8.11. The number of benzene rings is 2. The fraction of sp³-hybridized carbons (Fsp3) is 0.286. The van der Waals surface area contributed by atoms with Gasteiger partial charge in [-0.25, -0.2) is 9.78 Å². The molecule has 3 aromatic rings. The number of thiazole rings is 1. The van der Waals surface area contributed by atoms with E-state index in [4.69, 9.17) is 14.2 Å². The smallest absolute Gasteiger partial charge is 0.350 e. The van der Waals surface area contributed by atoms with Gasteiger partial charge in [0.2, 0.25) is 0 Å². The molecule has 1 aromatic heterocycles. The summed E-state index contributed by atoms with van der Waals surface area (Å²) in [4.78, 5) is 45.1. The number of ketones is 1. The number of carbonyl (C=O) groups excluding carboxylic acids is 3. The first-order valence-electron chi connectivity index (χ1n) is 12.1. The molecule has 0 saturated carbocycles. The van der Waals surface area contributed by atoms with Crippen molar-refractivity contribution in [2.24, 2.45) is 0 Å². The number of aromatic nitrogens is 1. The minimum absolute atomic E-state index is 0.101. The molecule has 1 saturated heterocycles. The Morgan fingerprint density at radius 1 is 1.11 bits per heavy atom. The SMILES string of the molecule is CCCOc1ccc(C2C(=C(O)c3cccc(OC)c3)C(=O)C(=O)N2c2nc(C)c(C(=O)OCC)s2)cc1. The fourth-order valence-corrected chi connectivity index (χ4v) is 5.10. The van der Waals surface area contributed by atoms with E-state index in [0.717, 1.165) is 17.8 Å². The molecule has 1 unspecified atom stereocenters. The van der Waals surface area contributed by atoms with Crippen LogP contribution in [-0.4, -0.2) is 48.1 Å². The molecule has 1 aliphatic rings. The van der Waals surface area contributed by atoms with E-state index in [2.05, 4.69) is 4.98 Å². The molecule has 198 valence electrons. The predicted octanol–water partition coefficient (Wildman–Crippen LogP) is 5.05. The molecule has 0 radical (unpaired) electrons. The van der Waals surface area contributed by atoms with Crippen LogP contribution in [0.2, 0.25) is 0 Å². The average Bonchev–Trinajstić information content (AvgIpc) is 3.44. The minimum Gasteiger partial charge on any atom is -0.507 e. The second kappa shape index (κ2) is 11.5. The summed E-state index contributed by atoms with van der Waals surface area (Å²) in [5.74, 6) is -1.53. The van der Waals surface area contributed by atoms with E-state index in [9.17, 15) is 19.5 Å². The molecule has 0 spiro atoms. The van der Waals surface area contributed by atoms with Crippen molar-refractivity contribution in [2.45, 2.75) is 33.2 Å². The first kappa shape index (κ1) is 26.9.